The lowest BCUT2D eigenvalue weighted by Crippen LogP contribution is -2.06. The fourth-order valence-corrected chi connectivity index (χ4v) is 1.79. The molecule has 4 heteroatoms. The Labute approximate surface area is 100 Å². The minimum absolute atomic E-state index is 0.465. The molecule has 0 fully saturated rings. The topological polar surface area (TPSA) is 72.0 Å². The molecule has 2 aromatic rings. The van der Waals surface area contributed by atoms with E-state index < -0.39 is 6.10 Å². The van der Waals surface area contributed by atoms with Crippen molar-refractivity contribution >= 4 is 5.82 Å². The second-order valence-electron chi connectivity index (χ2n) is 4.01. The number of pyridine rings is 2. The van der Waals surface area contributed by atoms with Crippen LogP contribution in [-0.2, 0) is 6.42 Å². The molecular formula is C13H15N3O. The molecule has 0 aliphatic carbocycles. The molecule has 3 N–H and O–H groups in total. The van der Waals surface area contributed by atoms with Gasteiger partial charge in [-0.2, -0.15) is 0 Å². The smallest absolute Gasteiger partial charge is 0.123 e. The van der Waals surface area contributed by atoms with Gasteiger partial charge in [0.1, 0.15) is 11.9 Å². The van der Waals surface area contributed by atoms with E-state index in [0.29, 0.717) is 17.9 Å². The zero-order valence-electron chi connectivity index (χ0n) is 9.67. The fourth-order valence-electron chi connectivity index (χ4n) is 1.79. The van der Waals surface area contributed by atoms with Gasteiger partial charge in [-0.1, -0.05) is 6.07 Å². The third-order valence-corrected chi connectivity index (χ3v) is 2.64. The number of aliphatic hydroxyl groups excluding tert-OH is 1. The molecule has 2 aromatic heterocycles. The van der Waals surface area contributed by atoms with Crippen LogP contribution < -0.4 is 5.73 Å². The maximum atomic E-state index is 10.1. The van der Waals surface area contributed by atoms with Gasteiger partial charge in [0.25, 0.3) is 0 Å². The molecule has 1 unspecified atom stereocenters. The van der Waals surface area contributed by atoms with Gasteiger partial charge in [0, 0.05) is 18.8 Å². The van der Waals surface area contributed by atoms with E-state index in [4.69, 9.17) is 5.73 Å². The van der Waals surface area contributed by atoms with Crippen molar-refractivity contribution in [1.29, 1.82) is 0 Å². The Bertz CT molecular complexity index is 514. The molecule has 0 radical (unpaired) electrons. The van der Waals surface area contributed by atoms with Gasteiger partial charge in [0.05, 0.1) is 5.69 Å². The predicted molar refractivity (Wildman–Crippen MR) is 66.3 cm³/mol. The van der Waals surface area contributed by atoms with Crippen LogP contribution in [0.15, 0.2) is 36.7 Å². The molecule has 4 nitrogen and oxygen atoms in total. The molecule has 0 bridgehead atoms. The van der Waals surface area contributed by atoms with Crippen LogP contribution in [0, 0.1) is 6.92 Å². The number of aryl methyl sites for hydroxylation is 1. The Morgan fingerprint density at radius 2 is 2.12 bits per heavy atom. The van der Waals surface area contributed by atoms with Crippen molar-refractivity contribution in [3.63, 3.8) is 0 Å². The van der Waals surface area contributed by atoms with E-state index >= 15 is 0 Å². The lowest BCUT2D eigenvalue weighted by Gasteiger charge is -2.12. The number of rotatable bonds is 3. The first-order chi connectivity index (χ1) is 8.16. The number of nitrogens with two attached hydrogens (primary N) is 1. The fraction of sp³-hybridized carbons (Fsp3) is 0.231. The molecule has 0 aromatic carbocycles. The second kappa shape index (κ2) is 4.93. The van der Waals surface area contributed by atoms with Crippen molar-refractivity contribution in [3.05, 3.63) is 53.5 Å². The zero-order chi connectivity index (χ0) is 12.3. The summed E-state index contributed by atoms with van der Waals surface area (Å²) in [5.41, 5.74) is 8.25. The minimum atomic E-state index is -0.613. The van der Waals surface area contributed by atoms with Crippen molar-refractivity contribution in [1.82, 2.24) is 9.97 Å². The largest absolute Gasteiger partial charge is 0.386 e. The Morgan fingerprint density at radius 1 is 1.29 bits per heavy atom. The van der Waals surface area contributed by atoms with Gasteiger partial charge in [0.2, 0.25) is 0 Å². The molecule has 0 aliphatic heterocycles. The first kappa shape index (κ1) is 11.5. The van der Waals surface area contributed by atoms with Crippen LogP contribution in [0.25, 0.3) is 0 Å². The van der Waals surface area contributed by atoms with Gasteiger partial charge in [0.15, 0.2) is 0 Å². The van der Waals surface area contributed by atoms with Crippen LogP contribution in [0.3, 0.4) is 0 Å². The van der Waals surface area contributed by atoms with Crippen molar-refractivity contribution in [2.24, 2.45) is 0 Å². The summed E-state index contributed by atoms with van der Waals surface area (Å²) in [6.45, 7) is 1.94. The van der Waals surface area contributed by atoms with Gasteiger partial charge in [-0.05, 0) is 36.2 Å². The van der Waals surface area contributed by atoms with E-state index in [1.54, 1.807) is 18.5 Å². The molecule has 88 valence electrons. The van der Waals surface area contributed by atoms with Crippen molar-refractivity contribution in [2.45, 2.75) is 19.4 Å². The number of nitrogens with zero attached hydrogens (tertiary/aromatic N) is 2. The van der Waals surface area contributed by atoms with Crippen molar-refractivity contribution in [2.75, 3.05) is 5.73 Å². The molecule has 0 spiro atoms. The molecule has 17 heavy (non-hydrogen) atoms. The Kier molecular flexibility index (Phi) is 3.35. The average molecular weight is 229 g/mol. The van der Waals surface area contributed by atoms with Crippen LogP contribution in [-0.4, -0.2) is 15.1 Å². The zero-order valence-corrected chi connectivity index (χ0v) is 9.67. The lowest BCUT2D eigenvalue weighted by atomic mass is 10.0. The number of aromatic nitrogens is 2. The van der Waals surface area contributed by atoms with Gasteiger partial charge in [-0.3, -0.25) is 4.98 Å². The van der Waals surface area contributed by atoms with Crippen molar-refractivity contribution in [3.8, 4) is 0 Å². The number of anilines is 1. The Hall–Kier alpha value is -1.94. The highest BCUT2D eigenvalue weighted by atomic mass is 16.3. The summed E-state index contributed by atoms with van der Waals surface area (Å²) in [6.07, 6.45) is 3.21. The summed E-state index contributed by atoms with van der Waals surface area (Å²) < 4.78 is 0. The normalized spacial score (nSPS) is 12.4. The molecule has 0 saturated carbocycles. The van der Waals surface area contributed by atoms with Gasteiger partial charge >= 0.3 is 0 Å². The second-order valence-corrected chi connectivity index (χ2v) is 4.01. The predicted octanol–water partition coefficient (Wildman–Crippen LogP) is 1.64. The molecule has 2 heterocycles. The number of nitrogen functional groups attached to an aromatic ring is 1. The monoisotopic (exact) mass is 229 g/mol. The molecule has 2 rings (SSSR count). The van der Waals surface area contributed by atoms with Crippen LogP contribution in [0.2, 0.25) is 0 Å². The number of hydrogen-bond donors (Lipinski definition) is 2. The third kappa shape index (κ3) is 2.79. The summed E-state index contributed by atoms with van der Waals surface area (Å²) in [4.78, 5) is 8.12. The van der Waals surface area contributed by atoms with E-state index in [2.05, 4.69) is 9.97 Å². The summed E-state index contributed by atoms with van der Waals surface area (Å²) in [5, 5.41) is 10.1. The minimum Gasteiger partial charge on any atom is -0.386 e. The van der Waals surface area contributed by atoms with Crippen LogP contribution in [0.4, 0.5) is 5.82 Å². The van der Waals surface area contributed by atoms with Crippen LogP contribution in [0.5, 0.6) is 0 Å². The third-order valence-electron chi connectivity index (χ3n) is 2.64. The first-order valence-corrected chi connectivity index (χ1v) is 5.47. The molecule has 0 aliphatic rings. The Balaban J connectivity index is 2.17. The lowest BCUT2D eigenvalue weighted by molar-refractivity contribution is 0.173. The highest BCUT2D eigenvalue weighted by Crippen LogP contribution is 2.19. The van der Waals surface area contributed by atoms with E-state index in [9.17, 15) is 5.11 Å². The summed E-state index contributed by atoms with van der Waals surface area (Å²) in [7, 11) is 0. The molecule has 0 saturated heterocycles. The first-order valence-electron chi connectivity index (χ1n) is 5.47. The van der Waals surface area contributed by atoms with Gasteiger partial charge < -0.3 is 10.8 Å². The Morgan fingerprint density at radius 3 is 2.82 bits per heavy atom. The maximum absolute atomic E-state index is 10.1. The molecular weight excluding hydrogens is 214 g/mol. The van der Waals surface area contributed by atoms with E-state index in [-0.39, 0.29) is 0 Å². The average Bonchev–Trinajstić information content (AvgIpc) is 2.29. The SMILES string of the molecule is Cc1cccnc1C(O)Cc1ccnc(N)c1. The summed E-state index contributed by atoms with van der Waals surface area (Å²) in [5.74, 6) is 0.465. The highest BCUT2D eigenvalue weighted by molar-refractivity contribution is 5.33. The van der Waals surface area contributed by atoms with Crippen molar-refractivity contribution < 1.29 is 5.11 Å². The molecule has 1 atom stereocenters. The van der Waals surface area contributed by atoms with E-state index in [0.717, 1.165) is 11.1 Å². The van der Waals surface area contributed by atoms with E-state index in [1.165, 1.54) is 0 Å². The van der Waals surface area contributed by atoms with Crippen LogP contribution in [0.1, 0.15) is 22.9 Å². The molecule has 0 amide bonds. The summed E-state index contributed by atoms with van der Waals surface area (Å²) >= 11 is 0. The van der Waals surface area contributed by atoms with Crippen LogP contribution >= 0.6 is 0 Å². The number of hydrogen-bond acceptors (Lipinski definition) is 4. The quantitative estimate of drug-likeness (QED) is 0.839. The maximum Gasteiger partial charge on any atom is 0.123 e. The highest BCUT2D eigenvalue weighted by Gasteiger charge is 2.12. The summed E-state index contributed by atoms with van der Waals surface area (Å²) in [6, 6.07) is 7.40. The van der Waals surface area contributed by atoms with Gasteiger partial charge in [-0.25, -0.2) is 4.98 Å². The van der Waals surface area contributed by atoms with E-state index in [1.807, 2.05) is 25.1 Å². The standard InChI is InChI=1S/C13H15N3O/c1-9-3-2-5-16-13(9)11(17)7-10-4-6-15-12(14)8-10/h2-6,8,11,17H,7H2,1H3,(H2,14,15). The van der Waals surface area contributed by atoms with Gasteiger partial charge in [-0.15, -0.1) is 0 Å². The number of aliphatic hydroxyl groups is 1.